The normalized spacial score (nSPS) is 10.5. The van der Waals surface area contributed by atoms with Gasteiger partial charge in [0.05, 0.1) is 5.69 Å². The topological polar surface area (TPSA) is 72.3 Å². The SMILES string of the molecule is CCc1nc(C)ccc1Oc1nc(C)cc(C)c1C(=O)O. The summed E-state index contributed by atoms with van der Waals surface area (Å²) in [5.41, 5.74) is 3.11. The Labute approximate surface area is 123 Å². The van der Waals surface area contributed by atoms with Crippen LogP contribution < -0.4 is 4.74 Å². The molecule has 5 nitrogen and oxygen atoms in total. The third-order valence-corrected chi connectivity index (χ3v) is 3.14. The second-order valence-electron chi connectivity index (χ2n) is 4.92. The van der Waals surface area contributed by atoms with Crippen LogP contribution in [-0.4, -0.2) is 21.0 Å². The lowest BCUT2D eigenvalue weighted by Crippen LogP contribution is -2.07. The Morgan fingerprint density at radius 1 is 1.19 bits per heavy atom. The van der Waals surface area contributed by atoms with Crippen molar-refractivity contribution in [3.8, 4) is 11.6 Å². The first-order valence-electron chi connectivity index (χ1n) is 6.78. The summed E-state index contributed by atoms with van der Waals surface area (Å²) in [6, 6.07) is 5.36. The van der Waals surface area contributed by atoms with E-state index in [9.17, 15) is 9.90 Å². The van der Waals surface area contributed by atoms with E-state index < -0.39 is 5.97 Å². The predicted molar refractivity (Wildman–Crippen MR) is 79.1 cm³/mol. The lowest BCUT2D eigenvalue weighted by Gasteiger charge is -2.13. The van der Waals surface area contributed by atoms with Gasteiger partial charge < -0.3 is 9.84 Å². The van der Waals surface area contributed by atoms with Gasteiger partial charge in [0.15, 0.2) is 5.75 Å². The quantitative estimate of drug-likeness (QED) is 0.931. The first-order valence-corrected chi connectivity index (χ1v) is 6.78. The van der Waals surface area contributed by atoms with E-state index in [-0.39, 0.29) is 11.4 Å². The molecule has 0 bridgehead atoms. The van der Waals surface area contributed by atoms with Crippen molar-refractivity contribution in [3.63, 3.8) is 0 Å². The maximum Gasteiger partial charge on any atom is 0.341 e. The molecule has 0 saturated heterocycles. The first-order chi connectivity index (χ1) is 9.92. The lowest BCUT2D eigenvalue weighted by molar-refractivity contribution is 0.0692. The Bertz CT molecular complexity index is 696. The Morgan fingerprint density at radius 3 is 2.52 bits per heavy atom. The van der Waals surface area contributed by atoms with E-state index in [0.717, 1.165) is 11.4 Å². The number of nitrogens with zero attached hydrogens (tertiary/aromatic N) is 2. The summed E-state index contributed by atoms with van der Waals surface area (Å²) in [6.45, 7) is 7.42. The van der Waals surface area contributed by atoms with Gasteiger partial charge >= 0.3 is 5.97 Å². The average molecular weight is 286 g/mol. The van der Waals surface area contributed by atoms with Crippen LogP contribution in [0.4, 0.5) is 0 Å². The van der Waals surface area contributed by atoms with Gasteiger partial charge in [0.25, 0.3) is 0 Å². The molecule has 0 aromatic carbocycles. The Balaban J connectivity index is 2.51. The highest BCUT2D eigenvalue weighted by molar-refractivity contribution is 5.92. The molecule has 0 unspecified atom stereocenters. The number of carboxylic acid groups (broad SMARTS) is 1. The molecule has 2 aromatic rings. The second kappa shape index (κ2) is 5.91. The van der Waals surface area contributed by atoms with Crippen LogP contribution in [0.3, 0.4) is 0 Å². The minimum atomic E-state index is -1.05. The van der Waals surface area contributed by atoms with Crippen molar-refractivity contribution in [1.29, 1.82) is 0 Å². The van der Waals surface area contributed by atoms with Crippen LogP contribution in [0.1, 0.15) is 39.9 Å². The number of hydrogen-bond acceptors (Lipinski definition) is 4. The van der Waals surface area contributed by atoms with Crippen LogP contribution in [0.2, 0.25) is 0 Å². The lowest BCUT2D eigenvalue weighted by atomic mass is 10.1. The van der Waals surface area contributed by atoms with Gasteiger partial charge in [-0.05, 0) is 51.0 Å². The number of carbonyl (C=O) groups is 1. The van der Waals surface area contributed by atoms with E-state index in [0.29, 0.717) is 23.4 Å². The van der Waals surface area contributed by atoms with Crippen molar-refractivity contribution in [2.45, 2.75) is 34.1 Å². The maximum absolute atomic E-state index is 11.4. The molecule has 0 spiro atoms. The molecule has 2 rings (SSSR count). The molecule has 0 radical (unpaired) electrons. The van der Waals surface area contributed by atoms with Gasteiger partial charge in [0, 0.05) is 11.4 Å². The maximum atomic E-state index is 11.4. The molecule has 1 N–H and O–H groups in total. The fraction of sp³-hybridized carbons (Fsp3) is 0.312. The van der Waals surface area contributed by atoms with Crippen LogP contribution in [0.5, 0.6) is 11.6 Å². The van der Waals surface area contributed by atoms with Crippen molar-refractivity contribution >= 4 is 5.97 Å². The summed E-state index contributed by atoms with van der Waals surface area (Å²) in [5.74, 6) is -0.392. The molecule has 0 aliphatic carbocycles. The van der Waals surface area contributed by atoms with E-state index in [1.165, 1.54) is 0 Å². The molecule has 2 heterocycles. The monoisotopic (exact) mass is 286 g/mol. The molecule has 0 saturated carbocycles. The minimum absolute atomic E-state index is 0.0863. The summed E-state index contributed by atoms with van der Waals surface area (Å²) in [5, 5.41) is 9.35. The van der Waals surface area contributed by atoms with Crippen LogP contribution in [0, 0.1) is 20.8 Å². The zero-order chi connectivity index (χ0) is 15.6. The van der Waals surface area contributed by atoms with E-state index in [1.54, 1.807) is 26.0 Å². The molecular weight excluding hydrogens is 268 g/mol. The van der Waals surface area contributed by atoms with Gasteiger partial charge in [-0.1, -0.05) is 6.92 Å². The number of aromatic nitrogens is 2. The number of carboxylic acids is 1. The number of ether oxygens (including phenoxy) is 1. The van der Waals surface area contributed by atoms with E-state index >= 15 is 0 Å². The van der Waals surface area contributed by atoms with Crippen molar-refractivity contribution in [2.24, 2.45) is 0 Å². The highest BCUT2D eigenvalue weighted by Crippen LogP contribution is 2.28. The van der Waals surface area contributed by atoms with Crippen LogP contribution in [0.15, 0.2) is 18.2 Å². The van der Waals surface area contributed by atoms with Crippen molar-refractivity contribution in [2.75, 3.05) is 0 Å². The number of hydrogen-bond donors (Lipinski definition) is 1. The molecule has 0 atom stereocenters. The fourth-order valence-electron chi connectivity index (χ4n) is 2.18. The van der Waals surface area contributed by atoms with Crippen LogP contribution >= 0.6 is 0 Å². The Morgan fingerprint density at radius 2 is 1.90 bits per heavy atom. The Hall–Kier alpha value is -2.43. The molecule has 5 heteroatoms. The van der Waals surface area contributed by atoms with Gasteiger partial charge in [-0.25, -0.2) is 9.78 Å². The zero-order valence-corrected chi connectivity index (χ0v) is 12.6. The second-order valence-corrected chi connectivity index (χ2v) is 4.92. The van der Waals surface area contributed by atoms with E-state index in [2.05, 4.69) is 9.97 Å². The summed E-state index contributed by atoms with van der Waals surface area (Å²) >= 11 is 0. The standard InChI is InChI=1S/C16H18N2O3/c1-5-12-13(7-6-10(3)17-12)21-15-14(16(19)20)9(2)8-11(4)18-15/h6-8H,5H2,1-4H3,(H,19,20). The number of aromatic carboxylic acids is 1. The number of rotatable bonds is 4. The highest BCUT2D eigenvalue weighted by Gasteiger charge is 2.19. The smallest absolute Gasteiger partial charge is 0.341 e. The van der Waals surface area contributed by atoms with Crippen molar-refractivity contribution in [3.05, 3.63) is 46.4 Å². The number of pyridine rings is 2. The molecule has 0 aliphatic rings. The largest absolute Gasteiger partial charge is 0.477 e. The first kappa shape index (κ1) is 15.0. The fourth-order valence-corrected chi connectivity index (χ4v) is 2.18. The summed E-state index contributed by atoms with van der Waals surface area (Å²) < 4.78 is 5.76. The summed E-state index contributed by atoms with van der Waals surface area (Å²) in [7, 11) is 0. The summed E-state index contributed by atoms with van der Waals surface area (Å²) in [4.78, 5) is 20.0. The van der Waals surface area contributed by atoms with Crippen LogP contribution in [-0.2, 0) is 6.42 Å². The van der Waals surface area contributed by atoms with Crippen molar-refractivity contribution < 1.29 is 14.6 Å². The van der Waals surface area contributed by atoms with Gasteiger partial charge in [-0.15, -0.1) is 0 Å². The molecule has 21 heavy (non-hydrogen) atoms. The van der Waals surface area contributed by atoms with Crippen molar-refractivity contribution in [1.82, 2.24) is 9.97 Å². The molecule has 110 valence electrons. The summed E-state index contributed by atoms with van der Waals surface area (Å²) in [6.07, 6.45) is 0.699. The average Bonchev–Trinajstić information content (AvgIpc) is 2.39. The van der Waals surface area contributed by atoms with E-state index in [1.807, 2.05) is 19.9 Å². The molecule has 0 aliphatic heterocycles. The zero-order valence-electron chi connectivity index (χ0n) is 12.6. The van der Waals surface area contributed by atoms with E-state index in [4.69, 9.17) is 4.74 Å². The molecule has 2 aromatic heterocycles. The van der Waals surface area contributed by atoms with Gasteiger partial charge in [0.2, 0.25) is 5.88 Å². The molecule has 0 amide bonds. The third kappa shape index (κ3) is 3.18. The Kier molecular flexibility index (Phi) is 4.21. The van der Waals surface area contributed by atoms with Gasteiger partial charge in [-0.3, -0.25) is 4.98 Å². The molecular formula is C16H18N2O3. The molecule has 0 fully saturated rings. The predicted octanol–water partition coefficient (Wildman–Crippen LogP) is 3.45. The third-order valence-electron chi connectivity index (χ3n) is 3.14. The highest BCUT2D eigenvalue weighted by atomic mass is 16.5. The van der Waals surface area contributed by atoms with Gasteiger partial charge in [-0.2, -0.15) is 0 Å². The minimum Gasteiger partial charge on any atom is -0.477 e. The van der Waals surface area contributed by atoms with Gasteiger partial charge in [0.1, 0.15) is 5.56 Å². The number of aryl methyl sites for hydroxylation is 4. The van der Waals surface area contributed by atoms with Crippen LogP contribution in [0.25, 0.3) is 0 Å².